The molecule has 2 aromatic carbocycles. The highest BCUT2D eigenvalue weighted by Crippen LogP contribution is 2.31. The van der Waals surface area contributed by atoms with E-state index in [0.717, 1.165) is 27.5 Å². The zero-order chi connectivity index (χ0) is 20.1. The van der Waals surface area contributed by atoms with Crippen LogP contribution in [0.15, 0.2) is 58.8 Å². The minimum atomic E-state index is -0.0842. The van der Waals surface area contributed by atoms with E-state index in [-0.39, 0.29) is 11.8 Å². The van der Waals surface area contributed by atoms with Crippen LogP contribution in [0.3, 0.4) is 0 Å². The van der Waals surface area contributed by atoms with Crippen molar-refractivity contribution in [1.82, 2.24) is 4.98 Å². The van der Waals surface area contributed by atoms with E-state index >= 15 is 0 Å². The van der Waals surface area contributed by atoms with Crippen LogP contribution in [0.4, 0.5) is 16.5 Å². The Labute approximate surface area is 172 Å². The van der Waals surface area contributed by atoms with Crippen LogP contribution in [0, 0.1) is 6.92 Å². The first kappa shape index (κ1) is 20.1. The number of amides is 2. The minimum Gasteiger partial charge on any atom is -0.326 e. The third kappa shape index (κ3) is 5.21. The van der Waals surface area contributed by atoms with Crippen LogP contribution >= 0.6 is 23.1 Å². The standard InChI is InChI=1S/C21H21N3O2S2/c1-14-5-4-6-19(11-14)24(16(3)26)21-23-18(13-28-21)12-27-20-9-7-17(8-10-20)22-15(2)25/h4-11,13H,12H2,1-3H3,(H,22,25). The maximum atomic E-state index is 12.2. The largest absolute Gasteiger partial charge is 0.326 e. The van der Waals surface area contributed by atoms with Crippen molar-refractivity contribution >= 4 is 51.4 Å². The number of carbonyl (C=O) groups excluding carboxylic acids is 2. The second-order valence-electron chi connectivity index (χ2n) is 6.31. The molecule has 0 aliphatic rings. The van der Waals surface area contributed by atoms with E-state index in [1.165, 1.54) is 18.3 Å². The number of anilines is 3. The molecule has 0 unspecified atom stereocenters. The number of hydrogen-bond donors (Lipinski definition) is 1. The smallest absolute Gasteiger partial charge is 0.230 e. The van der Waals surface area contributed by atoms with Crippen molar-refractivity contribution in [2.24, 2.45) is 0 Å². The van der Waals surface area contributed by atoms with E-state index in [2.05, 4.69) is 10.3 Å². The van der Waals surface area contributed by atoms with Crippen LogP contribution in [0.1, 0.15) is 25.1 Å². The lowest BCUT2D eigenvalue weighted by molar-refractivity contribution is -0.116. The first-order chi connectivity index (χ1) is 13.4. The molecule has 7 heteroatoms. The Bertz CT molecular complexity index is 983. The number of nitrogens with one attached hydrogen (secondary N) is 1. The summed E-state index contributed by atoms with van der Waals surface area (Å²) in [5.41, 5.74) is 3.63. The number of aromatic nitrogens is 1. The number of aryl methyl sites for hydroxylation is 1. The average Bonchev–Trinajstić information content (AvgIpc) is 3.09. The molecule has 2 amide bonds. The van der Waals surface area contributed by atoms with Gasteiger partial charge in [-0.25, -0.2) is 4.98 Å². The zero-order valence-electron chi connectivity index (χ0n) is 15.9. The summed E-state index contributed by atoms with van der Waals surface area (Å²) < 4.78 is 0. The molecule has 28 heavy (non-hydrogen) atoms. The van der Waals surface area contributed by atoms with Crippen molar-refractivity contribution < 1.29 is 9.59 Å². The third-order valence-electron chi connectivity index (χ3n) is 3.87. The molecular weight excluding hydrogens is 390 g/mol. The Hall–Kier alpha value is -2.64. The summed E-state index contributed by atoms with van der Waals surface area (Å²) in [5.74, 6) is 0.557. The van der Waals surface area contributed by atoms with Gasteiger partial charge in [0.15, 0.2) is 5.13 Å². The van der Waals surface area contributed by atoms with Crippen molar-refractivity contribution in [3.05, 3.63) is 65.2 Å². The van der Waals surface area contributed by atoms with Gasteiger partial charge in [-0.2, -0.15) is 0 Å². The molecule has 0 saturated carbocycles. The van der Waals surface area contributed by atoms with Crippen molar-refractivity contribution in [3.8, 4) is 0 Å². The van der Waals surface area contributed by atoms with Crippen molar-refractivity contribution in [2.45, 2.75) is 31.4 Å². The predicted octanol–water partition coefficient (Wildman–Crippen LogP) is 5.39. The topological polar surface area (TPSA) is 62.3 Å². The fourth-order valence-corrected chi connectivity index (χ4v) is 4.44. The summed E-state index contributed by atoms with van der Waals surface area (Å²) in [6, 6.07) is 15.5. The van der Waals surface area contributed by atoms with Gasteiger partial charge in [0, 0.05) is 35.6 Å². The molecule has 0 bridgehead atoms. The van der Waals surface area contributed by atoms with Gasteiger partial charge in [-0.15, -0.1) is 23.1 Å². The van der Waals surface area contributed by atoms with Gasteiger partial charge in [0.2, 0.25) is 11.8 Å². The van der Waals surface area contributed by atoms with E-state index in [0.29, 0.717) is 10.9 Å². The van der Waals surface area contributed by atoms with Gasteiger partial charge in [-0.1, -0.05) is 12.1 Å². The van der Waals surface area contributed by atoms with Crippen LogP contribution < -0.4 is 10.2 Å². The summed E-state index contributed by atoms with van der Waals surface area (Å²) in [6.07, 6.45) is 0. The molecule has 0 aliphatic heterocycles. The van der Waals surface area contributed by atoms with E-state index < -0.39 is 0 Å². The Morgan fingerprint density at radius 1 is 1.14 bits per heavy atom. The van der Waals surface area contributed by atoms with Gasteiger partial charge in [-0.3, -0.25) is 14.5 Å². The Morgan fingerprint density at radius 2 is 1.89 bits per heavy atom. The SMILES string of the molecule is CC(=O)Nc1ccc(SCc2csc(N(C(C)=O)c3cccc(C)c3)n2)cc1. The first-order valence-corrected chi connectivity index (χ1v) is 10.6. The molecule has 0 aliphatic carbocycles. The number of nitrogens with zero attached hydrogens (tertiary/aromatic N) is 2. The maximum Gasteiger partial charge on any atom is 0.230 e. The molecule has 1 N–H and O–H groups in total. The summed E-state index contributed by atoms with van der Waals surface area (Å²) >= 11 is 3.13. The highest BCUT2D eigenvalue weighted by molar-refractivity contribution is 7.98. The summed E-state index contributed by atoms with van der Waals surface area (Å²) in [6.45, 7) is 5.04. The molecule has 1 aromatic heterocycles. The van der Waals surface area contributed by atoms with Gasteiger partial charge >= 0.3 is 0 Å². The summed E-state index contributed by atoms with van der Waals surface area (Å²) in [5, 5.41) is 5.42. The molecule has 5 nitrogen and oxygen atoms in total. The third-order valence-corrected chi connectivity index (χ3v) is 5.79. The quantitative estimate of drug-likeness (QED) is 0.553. The lowest BCUT2D eigenvalue weighted by Gasteiger charge is -2.18. The molecule has 1 heterocycles. The number of thioether (sulfide) groups is 1. The first-order valence-electron chi connectivity index (χ1n) is 8.74. The Kier molecular flexibility index (Phi) is 6.49. The number of carbonyl (C=O) groups is 2. The zero-order valence-corrected chi connectivity index (χ0v) is 17.6. The van der Waals surface area contributed by atoms with Gasteiger partial charge < -0.3 is 5.32 Å². The molecule has 0 fully saturated rings. The average molecular weight is 412 g/mol. The van der Waals surface area contributed by atoms with E-state index in [4.69, 9.17) is 0 Å². The normalized spacial score (nSPS) is 10.5. The monoisotopic (exact) mass is 411 g/mol. The highest BCUT2D eigenvalue weighted by atomic mass is 32.2. The number of hydrogen-bond acceptors (Lipinski definition) is 5. The summed E-state index contributed by atoms with van der Waals surface area (Å²) in [4.78, 5) is 30.7. The van der Waals surface area contributed by atoms with Crippen molar-refractivity contribution in [1.29, 1.82) is 0 Å². The van der Waals surface area contributed by atoms with Crippen molar-refractivity contribution in [2.75, 3.05) is 10.2 Å². The molecule has 0 radical (unpaired) electrons. The molecule has 3 rings (SSSR count). The molecule has 0 spiro atoms. The van der Waals surface area contributed by atoms with E-state index in [9.17, 15) is 9.59 Å². The number of benzene rings is 2. The van der Waals surface area contributed by atoms with Gasteiger partial charge in [0.1, 0.15) is 0 Å². The fourth-order valence-electron chi connectivity index (χ4n) is 2.65. The van der Waals surface area contributed by atoms with Gasteiger partial charge in [0.25, 0.3) is 0 Å². The predicted molar refractivity (Wildman–Crippen MR) is 116 cm³/mol. The van der Waals surface area contributed by atoms with Crippen LogP contribution in [0.2, 0.25) is 0 Å². The van der Waals surface area contributed by atoms with Crippen LogP contribution in [-0.4, -0.2) is 16.8 Å². The highest BCUT2D eigenvalue weighted by Gasteiger charge is 2.18. The molecular formula is C21H21N3O2S2. The van der Waals surface area contributed by atoms with E-state index in [1.54, 1.807) is 23.6 Å². The second-order valence-corrected chi connectivity index (χ2v) is 8.19. The van der Waals surface area contributed by atoms with Crippen molar-refractivity contribution in [3.63, 3.8) is 0 Å². The minimum absolute atomic E-state index is 0.0623. The molecule has 0 atom stereocenters. The number of rotatable bonds is 6. The van der Waals surface area contributed by atoms with Gasteiger partial charge in [-0.05, 0) is 48.9 Å². The molecule has 144 valence electrons. The van der Waals surface area contributed by atoms with Crippen LogP contribution in [0.25, 0.3) is 0 Å². The van der Waals surface area contributed by atoms with Gasteiger partial charge in [0.05, 0.1) is 11.4 Å². The molecule has 3 aromatic rings. The Balaban J connectivity index is 1.69. The summed E-state index contributed by atoms with van der Waals surface area (Å²) in [7, 11) is 0. The fraction of sp³-hybridized carbons (Fsp3) is 0.190. The lowest BCUT2D eigenvalue weighted by Crippen LogP contribution is -2.22. The second kappa shape index (κ2) is 9.03. The maximum absolute atomic E-state index is 12.2. The lowest BCUT2D eigenvalue weighted by atomic mass is 10.2. The Morgan fingerprint density at radius 3 is 2.54 bits per heavy atom. The number of thiazole rings is 1. The van der Waals surface area contributed by atoms with Crippen LogP contribution in [-0.2, 0) is 15.3 Å². The van der Waals surface area contributed by atoms with Crippen LogP contribution in [0.5, 0.6) is 0 Å². The van der Waals surface area contributed by atoms with E-state index in [1.807, 2.05) is 60.8 Å². The molecule has 0 saturated heterocycles.